The Morgan fingerprint density at radius 1 is 1.08 bits per heavy atom. The van der Waals surface area contributed by atoms with Crippen LogP contribution in [0, 0.1) is 0 Å². The van der Waals surface area contributed by atoms with Gasteiger partial charge in [-0.25, -0.2) is 8.42 Å². The molecule has 0 heterocycles. The minimum absolute atomic E-state index is 0.0504. The number of rotatable bonds is 6. The van der Waals surface area contributed by atoms with E-state index in [1.54, 1.807) is 36.4 Å². The third-order valence-electron chi connectivity index (χ3n) is 3.32. The number of carbonyl (C=O) groups excluding carboxylic acids is 1. The lowest BCUT2D eigenvalue weighted by molar-refractivity contribution is 0.0951. The standard InChI is InChI=1S/C16H18BNO5S/c1-24(22,23)11-13-5-2-4-12(8-13)10-18-16(19)14-6-3-7-15(9-14)17(20)21/h2-9,20-21H,10-11H2,1H3,(H,18,19). The van der Waals surface area contributed by atoms with E-state index in [0.29, 0.717) is 11.1 Å². The van der Waals surface area contributed by atoms with E-state index in [4.69, 9.17) is 10.0 Å². The third kappa shape index (κ3) is 5.49. The van der Waals surface area contributed by atoms with Crippen LogP contribution in [0.5, 0.6) is 0 Å². The van der Waals surface area contributed by atoms with Crippen molar-refractivity contribution in [3.63, 3.8) is 0 Å². The van der Waals surface area contributed by atoms with Crippen LogP contribution in [0.4, 0.5) is 0 Å². The van der Waals surface area contributed by atoms with Gasteiger partial charge in [0.1, 0.15) is 0 Å². The summed E-state index contributed by atoms with van der Waals surface area (Å²) >= 11 is 0. The summed E-state index contributed by atoms with van der Waals surface area (Å²) in [5.41, 5.74) is 1.99. The largest absolute Gasteiger partial charge is 0.488 e. The van der Waals surface area contributed by atoms with E-state index in [1.807, 2.05) is 0 Å². The molecule has 0 aliphatic heterocycles. The Kier molecular flexibility index (Phi) is 5.77. The van der Waals surface area contributed by atoms with E-state index < -0.39 is 17.0 Å². The van der Waals surface area contributed by atoms with E-state index >= 15 is 0 Å². The van der Waals surface area contributed by atoms with Crippen molar-refractivity contribution < 1.29 is 23.3 Å². The fourth-order valence-corrected chi connectivity index (χ4v) is 3.04. The van der Waals surface area contributed by atoms with Crippen LogP contribution in [-0.4, -0.2) is 37.7 Å². The van der Waals surface area contributed by atoms with E-state index in [1.165, 1.54) is 18.4 Å². The van der Waals surface area contributed by atoms with E-state index in [-0.39, 0.29) is 23.7 Å². The van der Waals surface area contributed by atoms with Gasteiger partial charge in [-0.1, -0.05) is 36.4 Å². The number of carbonyl (C=O) groups is 1. The summed E-state index contributed by atoms with van der Waals surface area (Å²) in [5.74, 6) is -0.406. The normalized spacial score (nSPS) is 11.1. The first-order chi connectivity index (χ1) is 11.2. The van der Waals surface area contributed by atoms with Gasteiger partial charge in [-0.2, -0.15) is 0 Å². The molecule has 1 amide bonds. The van der Waals surface area contributed by atoms with Gasteiger partial charge in [0.15, 0.2) is 9.84 Å². The minimum atomic E-state index is -3.12. The maximum absolute atomic E-state index is 12.1. The molecule has 2 aromatic carbocycles. The predicted octanol–water partition coefficient (Wildman–Crippen LogP) is -0.159. The zero-order valence-corrected chi connectivity index (χ0v) is 14.0. The summed E-state index contributed by atoms with van der Waals surface area (Å²) in [7, 11) is -4.75. The number of nitrogens with one attached hydrogen (secondary N) is 1. The number of amides is 1. The Labute approximate surface area is 141 Å². The third-order valence-corrected chi connectivity index (χ3v) is 4.18. The summed E-state index contributed by atoms with van der Waals surface area (Å²) < 4.78 is 22.7. The van der Waals surface area contributed by atoms with Crippen molar-refractivity contribution in [3.05, 3.63) is 65.2 Å². The maximum Gasteiger partial charge on any atom is 0.488 e. The van der Waals surface area contributed by atoms with Crippen molar-refractivity contribution in [1.82, 2.24) is 5.32 Å². The lowest BCUT2D eigenvalue weighted by Gasteiger charge is -2.08. The highest BCUT2D eigenvalue weighted by Crippen LogP contribution is 2.09. The second-order valence-corrected chi connectivity index (χ2v) is 7.71. The van der Waals surface area contributed by atoms with Crippen molar-refractivity contribution in [2.45, 2.75) is 12.3 Å². The van der Waals surface area contributed by atoms with Crippen LogP contribution in [-0.2, 0) is 22.1 Å². The average Bonchev–Trinajstić information content (AvgIpc) is 2.51. The molecule has 0 aromatic heterocycles. The van der Waals surface area contributed by atoms with Gasteiger partial charge in [0.25, 0.3) is 5.91 Å². The Morgan fingerprint density at radius 3 is 2.42 bits per heavy atom. The molecule has 0 radical (unpaired) electrons. The Hall–Kier alpha value is -2.16. The number of benzene rings is 2. The molecule has 6 nitrogen and oxygen atoms in total. The molecule has 126 valence electrons. The SMILES string of the molecule is CS(=O)(=O)Cc1cccc(CNC(=O)c2cccc(B(O)O)c2)c1. The molecule has 24 heavy (non-hydrogen) atoms. The lowest BCUT2D eigenvalue weighted by atomic mass is 9.79. The highest BCUT2D eigenvalue weighted by molar-refractivity contribution is 7.89. The van der Waals surface area contributed by atoms with Crippen molar-refractivity contribution in [2.75, 3.05) is 6.26 Å². The highest BCUT2D eigenvalue weighted by atomic mass is 32.2. The topological polar surface area (TPSA) is 104 Å². The highest BCUT2D eigenvalue weighted by Gasteiger charge is 2.13. The molecular formula is C16H18BNO5S. The van der Waals surface area contributed by atoms with E-state index in [9.17, 15) is 13.2 Å². The summed E-state index contributed by atoms with van der Waals surface area (Å²) in [6.45, 7) is 0.238. The van der Waals surface area contributed by atoms with E-state index in [2.05, 4.69) is 5.32 Å². The Balaban J connectivity index is 2.04. The molecule has 0 fully saturated rings. The van der Waals surface area contributed by atoms with Gasteiger partial charge in [0, 0.05) is 18.4 Å². The quantitative estimate of drug-likeness (QED) is 0.630. The van der Waals surface area contributed by atoms with Gasteiger partial charge < -0.3 is 15.4 Å². The van der Waals surface area contributed by atoms with Gasteiger partial charge in [-0.05, 0) is 28.7 Å². The second kappa shape index (κ2) is 7.61. The van der Waals surface area contributed by atoms with Crippen molar-refractivity contribution >= 4 is 28.3 Å². The number of hydrogen-bond donors (Lipinski definition) is 3. The summed E-state index contributed by atoms with van der Waals surface area (Å²) in [5, 5.41) is 21.0. The first kappa shape index (κ1) is 18.2. The molecule has 8 heteroatoms. The first-order valence-corrected chi connectivity index (χ1v) is 9.30. The monoisotopic (exact) mass is 347 g/mol. The fraction of sp³-hybridized carbons (Fsp3) is 0.188. The lowest BCUT2D eigenvalue weighted by Crippen LogP contribution is -2.31. The van der Waals surface area contributed by atoms with Crippen LogP contribution in [0.1, 0.15) is 21.5 Å². The van der Waals surface area contributed by atoms with Crippen LogP contribution >= 0.6 is 0 Å². The molecule has 2 rings (SSSR count). The molecule has 0 aliphatic rings. The molecule has 0 saturated carbocycles. The summed E-state index contributed by atoms with van der Waals surface area (Å²) in [4.78, 5) is 12.1. The maximum atomic E-state index is 12.1. The molecule has 0 bridgehead atoms. The Morgan fingerprint density at radius 2 is 1.75 bits per heavy atom. The predicted molar refractivity (Wildman–Crippen MR) is 92.4 cm³/mol. The molecule has 0 spiro atoms. The summed E-state index contributed by atoms with van der Waals surface area (Å²) in [6, 6.07) is 13.0. The molecule has 3 N–H and O–H groups in total. The fourth-order valence-electron chi connectivity index (χ4n) is 2.26. The smallest absolute Gasteiger partial charge is 0.423 e. The van der Waals surface area contributed by atoms with Crippen molar-refractivity contribution in [3.8, 4) is 0 Å². The van der Waals surface area contributed by atoms with Crippen LogP contribution < -0.4 is 10.8 Å². The summed E-state index contributed by atoms with van der Waals surface area (Å²) in [6.07, 6.45) is 1.17. The van der Waals surface area contributed by atoms with Crippen LogP contribution in [0.2, 0.25) is 0 Å². The van der Waals surface area contributed by atoms with Gasteiger partial charge in [-0.15, -0.1) is 0 Å². The van der Waals surface area contributed by atoms with Crippen LogP contribution in [0.15, 0.2) is 48.5 Å². The molecule has 0 aliphatic carbocycles. The Bertz CT molecular complexity index is 836. The molecule has 0 saturated heterocycles. The van der Waals surface area contributed by atoms with E-state index in [0.717, 1.165) is 5.56 Å². The molecular weight excluding hydrogens is 329 g/mol. The molecule has 0 unspecified atom stereocenters. The van der Waals surface area contributed by atoms with Crippen LogP contribution in [0.3, 0.4) is 0 Å². The average molecular weight is 347 g/mol. The van der Waals surface area contributed by atoms with Gasteiger partial charge >= 0.3 is 7.12 Å². The van der Waals surface area contributed by atoms with Gasteiger partial charge in [-0.3, -0.25) is 4.79 Å². The van der Waals surface area contributed by atoms with Crippen molar-refractivity contribution in [2.24, 2.45) is 0 Å². The zero-order valence-electron chi connectivity index (χ0n) is 13.1. The minimum Gasteiger partial charge on any atom is -0.423 e. The van der Waals surface area contributed by atoms with Crippen molar-refractivity contribution in [1.29, 1.82) is 0 Å². The van der Waals surface area contributed by atoms with Gasteiger partial charge in [0.05, 0.1) is 5.75 Å². The molecule has 2 aromatic rings. The van der Waals surface area contributed by atoms with Crippen LogP contribution in [0.25, 0.3) is 0 Å². The number of hydrogen-bond acceptors (Lipinski definition) is 5. The second-order valence-electron chi connectivity index (χ2n) is 5.57. The van der Waals surface area contributed by atoms with Gasteiger partial charge in [0.2, 0.25) is 0 Å². The number of sulfone groups is 1. The first-order valence-electron chi connectivity index (χ1n) is 7.24. The molecule has 0 atom stereocenters. The zero-order chi connectivity index (χ0) is 17.7.